The fourth-order valence-electron chi connectivity index (χ4n) is 3.47. The summed E-state index contributed by atoms with van der Waals surface area (Å²) < 4.78 is 0. The van der Waals surface area contributed by atoms with E-state index < -0.39 is 0 Å². The average Bonchev–Trinajstić information content (AvgIpc) is 3.05. The van der Waals surface area contributed by atoms with Gasteiger partial charge in [-0.15, -0.1) is 22.9 Å². The molecule has 0 spiro atoms. The molecule has 2 aliphatic rings. The molecule has 0 radical (unpaired) electrons. The third-order valence-corrected chi connectivity index (χ3v) is 5.88. The molecular weight excluding hydrogens is 278 g/mol. The SMILES string of the molecule is CC1CN2CCCC2CN1C(C)c1nc(CCl)cs1. The molecule has 0 aliphatic carbocycles. The minimum Gasteiger partial charge on any atom is -0.298 e. The molecule has 0 amide bonds. The summed E-state index contributed by atoms with van der Waals surface area (Å²) in [5.74, 6) is 0.523. The van der Waals surface area contributed by atoms with Crippen LogP contribution < -0.4 is 0 Å². The van der Waals surface area contributed by atoms with E-state index in [-0.39, 0.29) is 0 Å². The van der Waals surface area contributed by atoms with Gasteiger partial charge < -0.3 is 0 Å². The van der Waals surface area contributed by atoms with Crippen LogP contribution in [0.25, 0.3) is 0 Å². The lowest BCUT2D eigenvalue weighted by Crippen LogP contribution is -2.55. The maximum Gasteiger partial charge on any atom is 0.110 e. The summed E-state index contributed by atoms with van der Waals surface area (Å²) in [4.78, 5) is 9.95. The van der Waals surface area contributed by atoms with E-state index in [9.17, 15) is 0 Å². The molecule has 1 aromatic heterocycles. The lowest BCUT2D eigenvalue weighted by atomic mass is 10.1. The Balaban J connectivity index is 1.73. The van der Waals surface area contributed by atoms with Gasteiger partial charge in [0.1, 0.15) is 5.01 Å². The summed E-state index contributed by atoms with van der Waals surface area (Å²) in [6.45, 7) is 8.34. The Morgan fingerprint density at radius 1 is 1.53 bits per heavy atom. The number of nitrogens with zero attached hydrogens (tertiary/aromatic N) is 3. The third kappa shape index (κ3) is 2.68. The van der Waals surface area contributed by atoms with Crippen molar-refractivity contribution < 1.29 is 0 Å². The number of aromatic nitrogens is 1. The molecule has 19 heavy (non-hydrogen) atoms. The van der Waals surface area contributed by atoms with Crippen molar-refractivity contribution in [3.8, 4) is 0 Å². The topological polar surface area (TPSA) is 19.4 Å². The van der Waals surface area contributed by atoms with Crippen LogP contribution in [-0.4, -0.2) is 46.5 Å². The van der Waals surface area contributed by atoms with E-state index in [1.807, 2.05) is 0 Å². The molecule has 3 rings (SSSR count). The highest BCUT2D eigenvalue weighted by molar-refractivity contribution is 7.09. The van der Waals surface area contributed by atoms with E-state index in [1.54, 1.807) is 11.3 Å². The molecule has 1 aromatic rings. The van der Waals surface area contributed by atoms with Crippen LogP contribution in [0.5, 0.6) is 0 Å². The largest absolute Gasteiger partial charge is 0.298 e. The van der Waals surface area contributed by atoms with E-state index in [1.165, 1.54) is 37.5 Å². The van der Waals surface area contributed by atoms with Crippen LogP contribution in [-0.2, 0) is 5.88 Å². The number of hydrogen-bond donors (Lipinski definition) is 0. The van der Waals surface area contributed by atoms with Gasteiger partial charge in [0.25, 0.3) is 0 Å². The Bertz CT molecular complexity index is 436. The van der Waals surface area contributed by atoms with Crippen LogP contribution in [0.2, 0.25) is 0 Å². The van der Waals surface area contributed by atoms with E-state index >= 15 is 0 Å². The summed E-state index contributed by atoms with van der Waals surface area (Å²) in [5.41, 5.74) is 1.01. The Kier molecular flexibility index (Phi) is 4.13. The van der Waals surface area contributed by atoms with Crippen molar-refractivity contribution in [3.63, 3.8) is 0 Å². The van der Waals surface area contributed by atoms with Crippen LogP contribution in [0.4, 0.5) is 0 Å². The number of piperazine rings is 1. The Morgan fingerprint density at radius 2 is 2.37 bits per heavy atom. The molecule has 3 unspecified atom stereocenters. The zero-order chi connectivity index (χ0) is 13.4. The minimum absolute atomic E-state index is 0.416. The van der Waals surface area contributed by atoms with Crippen molar-refractivity contribution >= 4 is 22.9 Å². The Hall–Kier alpha value is -0.160. The van der Waals surface area contributed by atoms with Gasteiger partial charge in [-0.2, -0.15) is 0 Å². The molecule has 106 valence electrons. The smallest absolute Gasteiger partial charge is 0.110 e. The van der Waals surface area contributed by atoms with Crippen LogP contribution in [0.3, 0.4) is 0 Å². The van der Waals surface area contributed by atoms with Crippen LogP contribution in [0.15, 0.2) is 5.38 Å². The predicted molar refractivity (Wildman–Crippen MR) is 80.8 cm³/mol. The van der Waals surface area contributed by atoms with E-state index in [0.29, 0.717) is 18.0 Å². The maximum absolute atomic E-state index is 5.86. The van der Waals surface area contributed by atoms with Crippen molar-refractivity contribution in [2.24, 2.45) is 0 Å². The molecule has 5 heteroatoms. The van der Waals surface area contributed by atoms with Gasteiger partial charge >= 0.3 is 0 Å². The quantitative estimate of drug-likeness (QED) is 0.800. The van der Waals surface area contributed by atoms with Crippen molar-refractivity contribution in [2.75, 3.05) is 19.6 Å². The molecule has 0 bridgehead atoms. The van der Waals surface area contributed by atoms with Crippen molar-refractivity contribution in [2.45, 2.75) is 50.7 Å². The lowest BCUT2D eigenvalue weighted by Gasteiger charge is -2.44. The molecule has 2 saturated heterocycles. The number of fused-ring (bicyclic) bond motifs is 1. The molecule has 0 saturated carbocycles. The second-order valence-corrected chi connectivity index (χ2v) is 6.98. The molecule has 0 aromatic carbocycles. The average molecular weight is 300 g/mol. The molecule has 0 N–H and O–H groups in total. The first-order valence-electron chi connectivity index (χ1n) is 7.19. The summed E-state index contributed by atoms with van der Waals surface area (Å²) in [6.07, 6.45) is 2.73. The second-order valence-electron chi connectivity index (χ2n) is 5.82. The number of rotatable bonds is 3. The van der Waals surface area contributed by atoms with E-state index in [2.05, 4.69) is 34.0 Å². The van der Waals surface area contributed by atoms with Gasteiger partial charge in [-0.25, -0.2) is 4.98 Å². The minimum atomic E-state index is 0.416. The first kappa shape index (κ1) is 13.8. The Labute approximate surface area is 124 Å². The van der Waals surface area contributed by atoms with Crippen molar-refractivity contribution in [3.05, 3.63) is 16.1 Å². The third-order valence-electron chi connectivity index (χ3n) is 4.55. The number of halogens is 1. The lowest BCUT2D eigenvalue weighted by molar-refractivity contribution is 0.0325. The highest BCUT2D eigenvalue weighted by Crippen LogP contribution is 2.32. The standard InChI is InChI=1S/C14H22ClN3S/c1-10-7-17-5-3-4-13(17)8-18(10)11(2)14-16-12(6-15)9-19-14/h9-11,13H,3-8H2,1-2H3. The van der Waals surface area contributed by atoms with Gasteiger partial charge in [-0.3, -0.25) is 9.80 Å². The Morgan fingerprint density at radius 3 is 3.11 bits per heavy atom. The van der Waals surface area contributed by atoms with Crippen LogP contribution >= 0.6 is 22.9 Å². The predicted octanol–water partition coefficient (Wildman–Crippen LogP) is 3.11. The number of hydrogen-bond acceptors (Lipinski definition) is 4. The van der Waals surface area contributed by atoms with E-state index in [4.69, 9.17) is 11.6 Å². The highest BCUT2D eigenvalue weighted by Gasteiger charge is 2.37. The molecule has 2 aliphatic heterocycles. The molecule has 3 heterocycles. The fraction of sp³-hybridized carbons (Fsp3) is 0.786. The van der Waals surface area contributed by atoms with Gasteiger partial charge in [0, 0.05) is 30.6 Å². The van der Waals surface area contributed by atoms with Gasteiger partial charge in [-0.1, -0.05) is 0 Å². The van der Waals surface area contributed by atoms with E-state index in [0.717, 1.165) is 11.7 Å². The van der Waals surface area contributed by atoms with Crippen molar-refractivity contribution in [1.29, 1.82) is 0 Å². The van der Waals surface area contributed by atoms with Gasteiger partial charge in [0.2, 0.25) is 0 Å². The first-order chi connectivity index (χ1) is 9.19. The van der Waals surface area contributed by atoms with Gasteiger partial charge in [0.05, 0.1) is 17.6 Å². The second kappa shape index (κ2) is 5.68. The maximum atomic E-state index is 5.86. The normalized spacial score (nSPS) is 30.5. The van der Waals surface area contributed by atoms with Crippen LogP contribution in [0, 0.1) is 0 Å². The molecule has 3 nitrogen and oxygen atoms in total. The van der Waals surface area contributed by atoms with Gasteiger partial charge in [0.15, 0.2) is 0 Å². The molecular formula is C14H22ClN3S. The van der Waals surface area contributed by atoms with Gasteiger partial charge in [-0.05, 0) is 33.2 Å². The summed E-state index contributed by atoms with van der Waals surface area (Å²) in [7, 11) is 0. The fourth-order valence-corrected chi connectivity index (χ4v) is 4.59. The van der Waals surface area contributed by atoms with Crippen LogP contribution in [0.1, 0.15) is 43.4 Å². The first-order valence-corrected chi connectivity index (χ1v) is 8.60. The van der Waals surface area contributed by atoms with Crippen molar-refractivity contribution in [1.82, 2.24) is 14.8 Å². The number of alkyl halides is 1. The summed E-state index contributed by atoms with van der Waals surface area (Å²) >= 11 is 7.61. The monoisotopic (exact) mass is 299 g/mol. The molecule has 2 fully saturated rings. The summed E-state index contributed by atoms with van der Waals surface area (Å²) in [6, 6.07) is 1.80. The highest BCUT2D eigenvalue weighted by atomic mass is 35.5. The molecule has 3 atom stereocenters. The summed E-state index contributed by atoms with van der Waals surface area (Å²) in [5, 5.41) is 3.31. The number of thiazole rings is 1. The zero-order valence-corrected chi connectivity index (χ0v) is 13.3. The zero-order valence-electron chi connectivity index (χ0n) is 11.7.